The van der Waals surface area contributed by atoms with Gasteiger partial charge in [0.2, 0.25) is 17.6 Å². The molecule has 2 amide bonds. The maximum absolute atomic E-state index is 14.3. The number of aromatic nitrogens is 6. The Morgan fingerprint density at radius 3 is 1.11 bits per heavy atom. The molecule has 3 unspecified atom stereocenters. The lowest BCUT2D eigenvalue weighted by Gasteiger charge is -2.30. The maximum atomic E-state index is 14.3. The van der Waals surface area contributed by atoms with E-state index in [0.717, 1.165) is 86.6 Å². The van der Waals surface area contributed by atoms with Gasteiger partial charge < -0.3 is 38.6 Å². The highest BCUT2D eigenvalue weighted by atomic mass is 35.5. The molecule has 90 heavy (non-hydrogen) atoms. The van der Waals surface area contributed by atoms with Gasteiger partial charge in [-0.15, -0.1) is 12.4 Å². The van der Waals surface area contributed by atoms with E-state index in [1.807, 2.05) is 160 Å². The molecule has 3 heterocycles. The van der Waals surface area contributed by atoms with Gasteiger partial charge in [0.05, 0.1) is 54.9 Å². The molecule has 3 aromatic carbocycles. The first-order chi connectivity index (χ1) is 42.8. The first-order valence-corrected chi connectivity index (χ1v) is 32.7. The third-order valence-corrected chi connectivity index (χ3v) is 16.7. The molecule has 0 bridgehead atoms. The fourth-order valence-electron chi connectivity index (χ4n) is 12.1. The second-order valence-corrected chi connectivity index (χ2v) is 26.4. The van der Waals surface area contributed by atoms with E-state index in [2.05, 4.69) is 12.0 Å². The summed E-state index contributed by atoms with van der Waals surface area (Å²) in [7, 11) is 3.37. The Balaban J connectivity index is 0.000000215. The summed E-state index contributed by atoms with van der Waals surface area (Å²) in [6.45, 7) is 14.1. The van der Waals surface area contributed by atoms with Gasteiger partial charge in [0.15, 0.2) is 0 Å². The Morgan fingerprint density at radius 2 is 0.811 bits per heavy atom. The van der Waals surface area contributed by atoms with Crippen molar-refractivity contribution in [1.82, 2.24) is 39.1 Å². The van der Waals surface area contributed by atoms with Crippen LogP contribution in [0.5, 0.6) is 17.6 Å². The molecule has 0 radical (unpaired) electrons. The van der Waals surface area contributed by atoms with E-state index in [0.29, 0.717) is 67.2 Å². The number of carbonyl (C=O) groups is 2. The molecule has 3 aliphatic rings. The van der Waals surface area contributed by atoms with E-state index in [4.69, 9.17) is 33.9 Å². The fraction of sp³-hybridized carbons (Fsp3) is 0.592. The van der Waals surface area contributed by atoms with Crippen LogP contribution in [0.3, 0.4) is 0 Å². The molecule has 3 fully saturated rings. The Bertz CT molecular complexity index is 2840. The first-order valence-electron chi connectivity index (χ1n) is 32.7. The van der Waals surface area contributed by atoms with E-state index in [-0.39, 0.29) is 56.3 Å². The van der Waals surface area contributed by atoms with Gasteiger partial charge in [0.25, 0.3) is 0 Å². The minimum absolute atomic E-state index is 0. The molecule has 3 atom stereocenters. The predicted octanol–water partition coefficient (Wildman–Crippen LogP) is 16.8. The van der Waals surface area contributed by atoms with Gasteiger partial charge in [-0.05, 0) is 121 Å². The van der Waals surface area contributed by atoms with Crippen molar-refractivity contribution in [2.45, 2.75) is 220 Å². The average molecular weight is 1270 g/mol. The summed E-state index contributed by atoms with van der Waals surface area (Å²) in [4.78, 5) is 27.8. The number of amides is 2. The zero-order chi connectivity index (χ0) is 63.8. The predicted molar refractivity (Wildman–Crippen MR) is 352 cm³/mol. The summed E-state index contributed by atoms with van der Waals surface area (Å²) >= 11 is 0. The number of rotatable bonds is 24. The van der Waals surface area contributed by atoms with Crippen molar-refractivity contribution < 1.29 is 47.2 Å². The van der Waals surface area contributed by atoms with Crippen LogP contribution in [0.15, 0.2) is 109 Å². The third-order valence-electron chi connectivity index (χ3n) is 16.7. The second kappa shape index (κ2) is 36.4. The van der Waals surface area contributed by atoms with Crippen LogP contribution < -0.4 is 14.2 Å². The minimum Gasteiger partial charge on any atom is -0.473 e. The molecule has 9 rings (SSSR count). The summed E-state index contributed by atoms with van der Waals surface area (Å²) < 4.78 is 62.8. The lowest BCUT2D eigenvalue weighted by atomic mass is 9.84. The fourth-order valence-corrected chi connectivity index (χ4v) is 12.1. The van der Waals surface area contributed by atoms with Crippen LogP contribution in [0.25, 0.3) is 0 Å². The molecule has 496 valence electrons. The number of nitrogens with zero attached hydrogens (tertiary/aromatic N) is 8. The van der Waals surface area contributed by atoms with E-state index < -0.39 is 30.1 Å². The molecule has 3 saturated carbocycles. The number of benzene rings is 3. The van der Waals surface area contributed by atoms with Crippen LogP contribution in [-0.2, 0) is 48.8 Å². The summed E-state index contributed by atoms with van der Waals surface area (Å²) in [5.41, 5.74) is 4.42. The summed E-state index contributed by atoms with van der Waals surface area (Å²) in [6, 6.07) is 34.9. The number of alkyl halides is 2. The van der Waals surface area contributed by atoms with E-state index in [1.54, 1.807) is 18.8 Å². The van der Waals surface area contributed by atoms with Crippen LogP contribution >= 0.6 is 12.4 Å². The van der Waals surface area contributed by atoms with Gasteiger partial charge in [0, 0.05) is 32.3 Å². The van der Waals surface area contributed by atoms with E-state index in [9.17, 15) is 23.5 Å². The van der Waals surface area contributed by atoms with Crippen molar-refractivity contribution in [1.29, 1.82) is 0 Å². The van der Waals surface area contributed by atoms with Crippen molar-refractivity contribution in [2.24, 2.45) is 17.8 Å². The topological polar surface area (TPSA) is 160 Å². The Morgan fingerprint density at radius 1 is 0.511 bits per heavy atom. The number of carbonyl (C=O) groups excluding carboxylic acids is 2. The molecule has 19 heteroatoms. The zero-order valence-corrected chi connectivity index (χ0v) is 55.9. The molecule has 16 nitrogen and oxygen atoms in total. The highest BCUT2D eigenvalue weighted by molar-refractivity contribution is 5.85. The molecule has 0 spiro atoms. The summed E-state index contributed by atoms with van der Waals surface area (Å²) in [5, 5.41) is 24.4. The van der Waals surface area contributed by atoms with Crippen molar-refractivity contribution in [3.05, 3.63) is 143 Å². The zero-order valence-electron chi connectivity index (χ0n) is 55.1. The number of aliphatic hydroxyl groups excluding tert-OH is 1. The SMILES string of the molecule is CCCc1cc(OCc2ccccc2)n(C(CF)C2CCCCC2)n1.CN(Cc1cc(OCc2ccccc2)n(C(CF)C2CCCCC2)n1)C(=O)OC(C)(C)C.CN(Cc1cc(OCc2ccccc2)n(C(CO)C2CCCCC2)n1)C(=O)OC(C)(C)C.Cl. The van der Waals surface area contributed by atoms with Gasteiger partial charge in [-0.25, -0.2) is 32.4 Å². The largest absolute Gasteiger partial charge is 0.473 e. The Kier molecular flexibility index (Phi) is 29.3. The molecule has 6 aromatic rings. The highest BCUT2D eigenvalue weighted by Gasteiger charge is 2.33. The standard InChI is InChI=1S/C25H36FN3O3.C25H37N3O4.C21H29FN2O.ClH/c1-25(2,3)32-24(30)28(4)17-21-15-23(31-18-19-11-7-5-8-12-19)29(27-21)22(16-26)20-13-9-6-10-14-20;1-25(2,3)32-24(30)27(4)16-21-15-23(31-18-19-11-7-5-8-12-19)28(26-21)22(17-29)20-13-9-6-10-14-20;1-2-9-19-14-21(25-16-17-10-5-3-6-11-17)24(23-19)20(15-22)18-12-7-4-8-13-18;/h5,7-8,11-12,15,20,22H,6,9-10,13-14,16-18H2,1-4H3;5,7-8,11-12,15,20,22,29H,6,9-10,13-14,16-18H2,1-4H3;3,5-6,10-11,14,18,20H,2,4,7-9,12-13,15-16H2,1H3;1H. The van der Waals surface area contributed by atoms with Gasteiger partial charge in [0.1, 0.15) is 44.4 Å². The van der Waals surface area contributed by atoms with Crippen molar-refractivity contribution in [3.63, 3.8) is 0 Å². The third kappa shape index (κ3) is 22.9. The first kappa shape index (κ1) is 72.4. The van der Waals surface area contributed by atoms with E-state index in [1.165, 1.54) is 54.7 Å². The van der Waals surface area contributed by atoms with Gasteiger partial charge in [-0.2, -0.15) is 15.3 Å². The van der Waals surface area contributed by atoms with E-state index >= 15 is 0 Å². The Hall–Kier alpha value is -6.66. The van der Waals surface area contributed by atoms with Crippen molar-refractivity contribution in [3.8, 4) is 17.6 Å². The number of halogens is 3. The van der Waals surface area contributed by atoms with Crippen LogP contribution in [0.4, 0.5) is 18.4 Å². The van der Waals surface area contributed by atoms with Crippen LogP contribution in [0.2, 0.25) is 0 Å². The average Bonchev–Trinajstić information content (AvgIpc) is 1.83. The van der Waals surface area contributed by atoms with Crippen LogP contribution in [-0.4, -0.2) is 102 Å². The lowest BCUT2D eigenvalue weighted by molar-refractivity contribution is 0.0272. The number of ether oxygens (including phenoxy) is 5. The minimum atomic E-state index is -0.574. The smallest absolute Gasteiger partial charge is 0.410 e. The summed E-state index contributed by atoms with van der Waals surface area (Å²) in [5.74, 6) is 2.83. The Labute approximate surface area is 540 Å². The number of aryl methyl sites for hydroxylation is 1. The normalized spacial score (nSPS) is 16.0. The molecule has 1 N–H and O–H groups in total. The van der Waals surface area contributed by atoms with Crippen molar-refractivity contribution in [2.75, 3.05) is 34.1 Å². The monoisotopic (exact) mass is 1270 g/mol. The summed E-state index contributed by atoms with van der Waals surface area (Å²) in [6.07, 6.45) is 18.2. The highest BCUT2D eigenvalue weighted by Crippen LogP contribution is 2.39. The molecular weight excluding hydrogens is 1170 g/mol. The quantitative estimate of drug-likeness (QED) is 0.0614. The molecule has 0 saturated heterocycles. The van der Waals surface area contributed by atoms with Crippen LogP contribution in [0, 0.1) is 17.8 Å². The van der Waals surface area contributed by atoms with Gasteiger partial charge >= 0.3 is 12.2 Å². The number of hydrogen-bond acceptors (Lipinski definition) is 11. The molecule has 0 aliphatic heterocycles. The maximum Gasteiger partial charge on any atom is 0.410 e. The van der Waals surface area contributed by atoms with Crippen molar-refractivity contribution >= 4 is 24.6 Å². The van der Waals surface area contributed by atoms with Crippen LogP contribution in [0.1, 0.15) is 203 Å². The number of aliphatic hydroxyl groups is 1. The molecular formula is C71H103ClF2N8O8. The second-order valence-electron chi connectivity index (χ2n) is 26.4. The lowest BCUT2D eigenvalue weighted by Crippen LogP contribution is -2.34. The van der Waals surface area contributed by atoms with Gasteiger partial charge in [-0.3, -0.25) is 0 Å². The molecule has 3 aromatic heterocycles. The van der Waals surface area contributed by atoms with Gasteiger partial charge in [-0.1, -0.05) is 162 Å². The molecule has 3 aliphatic carbocycles. The number of hydrogen-bond donors (Lipinski definition) is 1.